The van der Waals surface area contributed by atoms with Gasteiger partial charge in [-0.2, -0.15) is 0 Å². The standard InChI is InChI=1S/C72H96O16/c1-9-13-25-81-65-57-33-53(21-17-29-85-69(77)49(5)45-73)34-58(65)42-60-36-55(23-19-31-87-71(79)51(7)47-75)38-62(67(60)83-27-15-11-3)44-64-40-56(24-20-32-88-72(80)52(8)48-76)39-63(68(64)84-28-16-12-4)43-61-37-54(22-18-30-86-70(78)50(6)46-74)35-59(41-57)66(61)82-26-14-10-2/h33-40,73-76H,5-32,41-48H2,1-4H3. The largest absolute Gasteiger partial charge is 0.493 e. The lowest BCUT2D eigenvalue weighted by molar-refractivity contribution is -0.140. The van der Waals surface area contributed by atoms with E-state index in [1.165, 1.54) is 0 Å². The van der Waals surface area contributed by atoms with Crippen LogP contribution in [0.25, 0.3) is 0 Å². The summed E-state index contributed by atoms with van der Waals surface area (Å²) in [6.07, 6.45) is 12.4. The Morgan fingerprint density at radius 3 is 0.659 bits per heavy atom. The number of benzene rings is 4. The van der Waals surface area contributed by atoms with Gasteiger partial charge in [0.25, 0.3) is 0 Å². The Labute approximate surface area is 521 Å². The van der Waals surface area contributed by atoms with Crippen molar-refractivity contribution in [3.05, 3.63) is 164 Å². The third kappa shape index (κ3) is 22.7. The molecular formula is C72H96O16. The number of aliphatic hydroxyl groups excluding tert-OH is 4. The highest BCUT2D eigenvalue weighted by atomic mass is 16.5. The molecule has 480 valence electrons. The Kier molecular flexibility index (Phi) is 31.6. The smallest absolute Gasteiger partial charge is 0.335 e. The molecule has 16 nitrogen and oxygen atoms in total. The second-order valence-corrected chi connectivity index (χ2v) is 22.5. The van der Waals surface area contributed by atoms with Gasteiger partial charge in [0.1, 0.15) is 23.0 Å². The molecule has 16 heteroatoms. The van der Waals surface area contributed by atoms with Crippen molar-refractivity contribution in [2.24, 2.45) is 0 Å². The predicted molar refractivity (Wildman–Crippen MR) is 341 cm³/mol. The number of hydrogen-bond acceptors (Lipinski definition) is 16. The second-order valence-electron chi connectivity index (χ2n) is 22.5. The number of unbranched alkanes of at least 4 members (excludes halogenated alkanes) is 4. The molecule has 0 unspecified atom stereocenters. The summed E-state index contributed by atoms with van der Waals surface area (Å²) in [5.74, 6) is 0.375. The number of esters is 4. The van der Waals surface area contributed by atoms with Crippen molar-refractivity contribution < 1.29 is 77.5 Å². The zero-order valence-corrected chi connectivity index (χ0v) is 52.8. The number of hydrogen-bond donors (Lipinski definition) is 4. The number of aliphatic hydroxyl groups is 4. The molecule has 0 spiro atoms. The minimum absolute atomic E-state index is 0.0210. The predicted octanol–water partition coefficient (Wildman–Crippen LogP) is 11.2. The van der Waals surface area contributed by atoms with Gasteiger partial charge in [-0.05, 0) is 144 Å². The highest BCUT2D eigenvalue weighted by molar-refractivity contribution is 5.89. The molecule has 0 radical (unpaired) electrons. The van der Waals surface area contributed by atoms with Gasteiger partial charge in [-0.15, -0.1) is 0 Å². The molecule has 4 N–H and O–H groups in total. The van der Waals surface area contributed by atoms with E-state index in [0.717, 1.165) is 141 Å². The highest BCUT2D eigenvalue weighted by Crippen LogP contribution is 2.42. The van der Waals surface area contributed by atoms with E-state index in [9.17, 15) is 39.6 Å². The molecule has 0 aliphatic heterocycles. The molecule has 0 atom stereocenters. The molecular weight excluding hydrogens is 1120 g/mol. The van der Waals surface area contributed by atoms with E-state index in [2.05, 4.69) is 103 Å². The number of carbonyl (C=O) groups excluding carboxylic acids is 4. The summed E-state index contributed by atoms with van der Waals surface area (Å²) in [5, 5.41) is 38.3. The summed E-state index contributed by atoms with van der Waals surface area (Å²) in [6.45, 7) is 23.3. The van der Waals surface area contributed by atoms with E-state index in [1.807, 2.05) is 0 Å². The Morgan fingerprint density at radius 2 is 0.500 bits per heavy atom. The monoisotopic (exact) mass is 1220 g/mol. The summed E-state index contributed by atoms with van der Waals surface area (Å²) in [4.78, 5) is 50.6. The number of aryl methyl sites for hydroxylation is 4. The minimum Gasteiger partial charge on any atom is -0.493 e. The molecule has 0 saturated heterocycles. The summed E-state index contributed by atoms with van der Waals surface area (Å²) < 4.78 is 50.3. The van der Waals surface area contributed by atoms with Crippen molar-refractivity contribution in [2.45, 2.75) is 156 Å². The van der Waals surface area contributed by atoms with Gasteiger partial charge in [-0.1, -0.05) is 128 Å². The fraction of sp³-hybridized carbons (Fsp3) is 0.500. The van der Waals surface area contributed by atoms with Crippen molar-refractivity contribution in [1.29, 1.82) is 0 Å². The van der Waals surface area contributed by atoms with E-state index in [0.29, 0.717) is 103 Å². The Balaban J connectivity index is 1.89. The van der Waals surface area contributed by atoms with Crippen LogP contribution >= 0.6 is 0 Å². The molecule has 4 aromatic rings. The Hall–Kier alpha value is -7.24. The van der Waals surface area contributed by atoms with Gasteiger partial charge in [0.05, 0.1) is 102 Å². The third-order valence-corrected chi connectivity index (χ3v) is 15.0. The normalized spacial score (nSPS) is 11.7. The van der Waals surface area contributed by atoms with Gasteiger partial charge in [-0.25, -0.2) is 19.2 Å². The van der Waals surface area contributed by atoms with E-state index in [4.69, 9.17) is 37.9 Å². The summed E-state index contributed by atoms with van der Waals surface area (Å²) in [5.41, 5.74) is 11.3. The topological polar surface area (TPSA) is 223 Å². The van der Waals surface area contributed by atoms with E-state index in [-0.39, 0.29) is 48.7 Å². The quantitative estimate of drug-likeness (QED) is 0.0124. The number of carbonyl (C=O) groups is 4. The molecule has 88 heavy (non-hydrogen) atoms. The Morgan fingerprint density at radius 1 is 0.318 bits per heavy atom. The fourth-order valence-corrected chi connectivity index (χ4v) is 10.2. The van der Waals surface area contributed by atoms with Crippen molar-refractivity contribution in [3.63, 3.8) is 0 Å². The van der Waals surface area contributed by atoms with Crippen LogP contribution in [0.2, 0.25) is 0 Å². The summed E-state index contributed by atoms with van der Waals surface area (Å²) in [6, 6.07) is 17.4. The Bertz CT molecular complexity index is 2500. The van der Waals surface area contributed by atoms with Gasteiger partial charge < -0.3 is 58.3 Å². The van der Waals surface area contributed by atoms with E-state index in [1.54, 1.807) is 0 Å². The van der Waals surface area contributed by atoms with Gasteiger partial charge in [-0.3, -0.25) is 0 Å². The first-order valence-corrected chi connectivity index (χ1v) is 31.5. The van der Waals surface area contributed by atoms with Crippen molar-refractivity contribution in [2.75, 3.05) is 79.3 Å². The van der Waals surface area contributed by atoms with Crippen LogP contribution in [0.3, 0.4) is 0 Å². The first-order valence-electron chi connectivity index (χ1n) is 31.5. The molecule has 1 aliphatic carbocycles. The van der Waals surface area contributed by atoms with Crippen LogP contribution in [0, 0.1) is 0 Å². The minimum atomic E-state index is -0.650. The average Bonchev–Trinajstić information content (AvgIpc) is 1.65. The molecule has 1 aliphatic rings. The third-order valence-electron chi connectivity index (χ3n) is 15.0. The molecule has 8 bridgehead atoms. The zero-order chi connectivity index (χ0) is 63.8. The molecule has 0 fully saturated rings. The first-order chi connectivity index (χ1) is 42.6. The summed E-state index contributed by atoms with van der Waals surface area (Å²) in [7, 11) is 0. The number of fused-ring (bicyclic) bond motifs is 8. The SMILES string of the molecule is C=C(CO)C(=O)OCCCc1cc2c(OCCCC)c(c1)Cc1cc(CCCOC(=O)C(=C)CO)cc(c1OCCCC)Cc1cc(CCCOC(=O)C(=C)CO)cc(c1OCCCC)Cc1cc(CCCOC(=O)C(=C)CO)cc(c1OCCCC)C2. The average molecular weight is 1220 g/mol. The molecule has 0 heterocycles. The number of ether oxygens (including phenoxy) is 8. The van der Waals surface area contributed by atoms with Gasteiger partial charge in [0, 0.05) is 25.7 Å². The van der Waals surface area contributed by atoms with E-state index < -0.39 is 50.3 Å². The van der Waals surface area contributed by atoms with E-state index >= 15 is 0 Å². The van der Waals surface area contributed by atoms with Crippen molar-refractivity contribution in [1.82, 2.24) is 0 Å². The fourth-order valence-electron chi connectivity index (χ4n) is 10.2. The van der Waals surface area contributed by atoms with Gasteiger partial charge in [0.2, 0.25) is 0 Å². The maximum Gasteiger partial charge on any atom is 0.335 e. The number of rotatable bonds is 40. The van der Waals surface area contributed by atoms with Crippen LogP contribution in [-0.4, -0.2) is 124 Å². The molecule has 0 aromatic heterocycles. The second kappa shape index (κ2) is 38.9. The van der Waals surface area contributed by atoms with Crippen molar-refractivity contribution >= 4 is 23.9 Å². The lowest BCUT2D eigenvalue weighted by atomic mass is 9.87. The van der Waals surface area contributed by atoms with Crippen molar-refractivity contribution in [3.8, 4) is 23.0 Å². The lowest BCUT2D eigenvalue weighted by Crippen LogP contribution is -2.13. The lowest BCUT2D eigenvalue weighted by Gasteiger charge is -2.25. The summed E-state index contributed by atoms with van der Waals surface area (Å²) >= 11 is 0. The van der Waals surface area contributed by atoms with Crippen LogP contribution < -0.4 is 18.9 Å². The molecule has 0 amide bonds. The maximum atomic E-state index is 12.6. The van der Waals surface area contributed by atoms with Gasteiger partial charge >= 0.3 is 23.9 Å². The first kappa shape index (κ1) is 71.5. The maximum absolute atomic E-state index is 12.6. The van der Waals surface area contributed by atoms with Crippen LogP contribution in [0.4, 0.5) is 0 Å². The zero-order valence-electron chi connectivity index (χ0n) is 52.8. The molecule has 5 rings (SSSR count). The van der Waals surface area contributed by atoms with Crippen LogP contribution in [-0.2, 0) is 89.5 Å². The van der Waals surface area contributed by atoms with Gasteiger partial charge in [0.15, 0.2) is 0 Å². The highest BCUT2D eigenvalue weighted by Gasteiger charge is 2.26. The van der Waals surface area contributed by atoms with Crippen LogP contribution in [0.15, 0.2) is 97.1 Å². The molecule has 4 aromatic carbocycles. The van der Waals surface area contributed by atoms with Crippen LogP contribution in [0.1, 0.15) is 172 Å². The van der Waals surface area contributed by atoms with Crippen LogP contribution in [0.5, 0.6) is 23.0 Å². The molecule has 0 saturated carbocycles.